The molecule has 6 heteroatoms. The first-order valence-corrected chi connectivity index (χ1v) is 6.90. The molecule has 22 heavy (non-hydrogen) atoms. The maximum Gasteiger partial charge on any atom is 0.272 e. The van der Waals surface area contributed by atoms with Crippen LogP contribution in [0.3, 0.4) is 0 Å². The Morgan fingerprint density at radius 3 is 3.00 bits per heavy atom. The summed E-state index contributed by atoms with van der Waals surface area (Å²) < 4.78 is 5.41. The third kappa shape index (κ3) is 4.31. The monoisotopic (exact) mass is 299 g/mol. The predicted octanol–water partition coefficient (Wildman–Crippen LogP) is 2.34. The van der Waals surface area contributed by atoms with Crippen molar-refractivity contribution in [3.05, 3.63) is 53.9 Å². The van der Waals surface area contributed by atoms with Gasteiger partial charge in [0.25, 0.3) is 5.91 Å². The number of amides is 1. The lowest BCUT2D eigenvalue weighted by Crippen LogP contribution is -2.17. The molecule has 0 aliphatic rings. The molecule has 2 aromatic rings. The first-order valence-electron chi connectivity index (χ1n) is 6.90. The predicted molar refractivity (Wildman–Crippen MR) is 83.2 cm³/mol. The number of carbonyl (C=O) groups is 1. The summed E-state index contributed by atoms with van der Waals surface area (Å²) in [5.74, 6) is 0.260. The molecule has 0 bridgehead atoms. The summed E-state index contributed by atoms with van der Waals surface area (Å²) in [6.45, 7) is 2.60. The third-order valence-electron chi connectivity index (χ3n) is 2.77. The molecule has 6 nitrogen and oxygen atoms in total. The second-order valence-electron chi connectivity index (χ2n) is 4.51. The van der Waals surface area contributed by atoms with E-state index < -0.39 is 0 Å². The Morgan fingerprint density at radius 1 is 1.45 bits per heavy atom. The molecule has 0 fully saturated rings. The Hall–Kier alpha value is -2.89. The number of pyridine rings is 1. The first-order chi connectivity index (χ1) is 10.7. The van der Waals surface area contributed by atoms with Crippen molar-refractivity contribution in [2.75, 3.05) is 6.61 Å². The number of rotatable bonds is 6. The highest BCUT2D eigenvalue weighted by atomic mass is 16.5. The Morgan fingerprint density at radius 2 is 2.32 bits per heavy atom. The van der Waals surface area contributed by atoms with E-state index in [-0.39, 0.29) is 11.7 Å². The number of benzene rings is 1. The van der Waals surface area contributed by atoms with Gasteiger partial charge in [-0.2, -0.15) is 5.10 Å². The van der Waals surface area contributed by atoms with E-state index in [1.165, 1.54) is 18.5 Å². The standard InChI is InChI=1S/C16H17N3O3/c1-2-8-22-14-6-5-12(15(20)9-14)11-18-19-16(21)13-4-3-7-17-10-13/h3-7,9-11,20H,2,8H2,1H3,(H,19,21)/b18-11+. The van der Waals surface area contributed by atoms with Crippen molar-refractivity contribution in [3.8, 4) is 11.5 Å². The van der Waals surface area contributed by atoms with E-state index in [1.54, 1.807) is 30.5 Å². The highest BCUT2D eigenvalue weighted by molar-refractivity contribution is 5.94. The molecular formula is C16H17N3O3. The molecule has 1 aromatic heterocycles. The van der Waals surface area contributed by atoms with Crippen molar-refractivity contribution in [1.29, 1.82) is 0 Å². The fraction of sp³-hybridized carbons (Fsp3) is 0.188. The van der Waals surface area contributed by atoms with Gasteiger partial charge >= 0.3 is 0 Å². The molecule has 0 atom stereocenters. The molecule has 114 valence electrons. The smallest absolute Gasteiger partial charge is 0.272 e. The molecule has 0 saturated heterocycles. The second-order valence-corrected chi connectivity index (χ2v) is 4.51. The van der Waals surface area contributed by atoms with Gasteiger partial charge in [0.1, 0.15) is 11.5 Å². The van der Waals surface area contributed by atoms with Crippen molar-refractivity contribution in [3.63, 3.8) is 0 Å². The van der Waals surface area contributed by atoms with Crippen LogP contribution in [0.4, 0.5) is 0 Å². The maximum absolute atomic E-state index is 11.7. The number of aromatic nitrogens is 1. The van der Waals surface area contributed by atoms with Gasteiger partial charge in [-0.25, -0.2) is 5.43 Å². The number of hydrogen-bond acceptors (Lipinski definition) is 5. The Kier molecular flexibility index (Phi) is 5.48. The molecular weight excluding hydrogens is 282 g/mol. The summed E-state index contributed by atoms with van der Waals surface area (Å²) in [6, 6.07) is 8.22. The minimum absolute atomic E-state index is 0.0352. The van der Waals surface area contributed by atoms with Crippen LogP contribution in [0.1, 0.15) is 29.3 Å². The Bertz CT molecular complexity index is 657. The molecule has 0 saturated carbocycles. The fourth-order valence-electron chi connectivity index (χ4n) is 1.66. The van der Waals surface area contributed by atoms with E-state index >= 15 is 0 Å². The lowest BCUT2D eigenvalue weighted by Gasteiger charge is -2.06. The molecule has 0 radical (unpaired) electrons. The number of hydrogen-bond donors (Lipinski definition) is 2. The van der Waals surface area contributed by atoms with Crippen LogP contribution in [0.2, 0.25) is 0 Å². The zero-order chi connectivity index (χ0) is 15.8. The molecule has 2 rings (SSSR count). The van der Waals surface area contributed by atoms with Crippen molar-refractivity contribution in [2.24, 2.45) is 5.10 Å². The van der Waals surface area contributed by atoms with E-state index in [1.807, 2.05) is 6.92 Å². The molecule has 0 aliphatic heterocycles. The average molecular weight is 299 g/mol. The van der Waals surface area contributed by atoms with Crippen LogP contribution in [-0.2, 0) is 0 Å². The molecule has 0 unspecified atom stereocenters. The lowest BCUT2D eigenvalue weighted by molar-refractivity contribution is 0.0954. The fourth-order valence-corrected chi connectivity index (χ4v) is 1.66. The number of ether oxygens (including phenoxy) is 1. The number of phenols is 1. The van der Waals surface area contributed by atoms with Gasteiger partial charge < -0.3 is 9.84 Å². The van der Waals surface area contributed by atoms with Crippen molar-refractivity contribution < 1.29 is 14.6 Å². The summed E-state index contributed by atoms with van der Waals surface area (Å²) >= 11 is 0. The number of carbonyl (C=O) groups excluding carboxylic acids is 1. The molecule has 1 heterocycles. The average Bonchev–Trinajstić information content (AvgIpc) is 2.55. The zero-order valence-electron chi connectivity index (χ0n) is 12.2. The summed E-state index contributed by atoms with van der Waals surface area (Å²) in [5, 5.41) is 13.7. The second kappa shape index (κ2) is 7.78. The van der Waals surface area contributed by atoms with Gasteiger partial charge in [-0.1, -0.05) is 6.92 Å². The van der Waals surface area contributed by atoms with Gasteiger partial charge in [-0.05, 0) is 30.7 Å². The van der Waals surface area contributed by atoms with Crippen molar-refractivity contribution >= 4 is 12.1 Å². The van der Waals surface area contributed by atoms with Crippen LogP contribution in [0.25, 0.3) is 0 Å². The van der Waals surface area contributed by atoms with Gasteiger partial charge in [0, 0.05) is 24.0 Å². The summed E-state index contributed by atoms with van der Waals surface area (Å²) in [4.78, 5) is 15.6. The highest BCUT2D eigenvalue weighted by Crippen LogP contribution is 2.22. The lowest BCUT2D eigenvalue weighted by atomic mass is 10.2. The Balaban J connectivity index is 1.97. The normalized spacial score (nSPS) is 10.6. The van der Waals surface area contributed by atoms with Crippen molar-refractivity contribution in [1.82, 2.24) is 10.4 Å². The summed E-state index contributed by atoms with van der Waals surface area (Å²) in [5.41, 5.74) is 3.26. The molecule has 0 aliphatic carbocycles. The third-order valence-corrected chi connectivity index (χ3v) is 2.77. The number of hydrazone groups is 1. The number of phenolic OH excluding ortho intramolecular Hbond substituents is 1. The minimum atomic E-state index is -0.369. The molecule has 2 N–H and O–H groups in total. The van der Waals surface area contributed by atoms with Gasteiger partial charge in [0.05, 0.1) is 18.4 Å². The quantitative estimate of drug-likeness (QED) is 0.633. The van der Waals surface area contributed by atoms with Crippen LogP contribution in [0.5, 0.6) is 11.5 Å². The minimum Gasteiger partial charge on any atom is -0.507 e. The van der Waals surface area contributed by atoms with Crippen LogP contribution >= 0.6 is 0 Å². The SMILES string of the molecule is CCCOc1ccc(/C=N/NC(=O)c2cccnc2)c(O)c1. The number of aromatic hydroxyl groups is 1. The van der Waals surface area contributed by atoms with E-state index in [0.29, 0.717) is 23.5 Å². The van der Waals surface area contributed by atoms with Crippen molar-refractivity contribution in [2.45, 2.75) is 13.3 Å². The van der Waals surface area contributed by atoms with E-state index in [9.17, 15) is 9.90 Å². The van der Waals surface area contributed by atoms with E-state index in [4.69, 9.17) is 4.74 Å². The molecule has 1 amide bonds. The van der Waals surface area contributed by atoms with Gasteiger partial charge in [-0.3, -0.25) is 9.78 Å². The number of nitrogens with one attached hydrogen (secondary N) is 1. The first kappa shape index (κ1) is 15.5. The Labute approximate surface area is 128 Å². The largest absolute Gasteiger partial charge is 0.507 e. The highest BCUT2D eigenvalue weighted by Gasteiger charge is 2.04. The van der Waals surface area contributed by atoms with Gasteiger partial charge in [0.15, 0.2) is 0 Å². The summed E-state index contributed by atoms with van der Waals surface area (Å²) in [7, 11) is 0. The zero-order valence-corrected chi connectivity index (χ0v) is 12.2. The number of nitrogens with zero attached hydrogens (tertiary/aromatic N) is 2. The molecule has 1 aromatic carbocycles. The van der Waals surface area contributed by atoms with Gasteiger partial charge in [0.2, 0.25) is 0 Å². The van der Waals surface area contributed by atoms with E-state index in [2.05, 4.69) is 15.5 Å². The van der Waals surface area contributed by atoms with Crippen LogP contribution in [0, 0.1) is 0 Å². The summed E-state index contributed by atoms with van der Waals surface area (Å²) in [6.07, 6.45) is 5.29. The van der Waals surface area contributed by atoms with Crippen LogP contribution < -0.4 is 10.2 Å². The van der Waals surface area contributed by atoms with Gasteiger partial charge in [-0.15, -0.1) is 0 Å². The van der Waals surface area contributed by atoms with Crippen LogP contribution in [-0.4, -0.2) is 28.8 Å². The topological polar surface area (TPSA) is 83.8 Å². The maximum atomic E-state index is 11.7. The molecule has 0 spiro atoms. The van der Waals surface area contributed by atoms with E-state index in [0.717, 1.165) is 6.42 Å². The van der Waals surface area contributed by atoms with Crippen LogP contribution in [0.15, 0.2) is 47.8 Å².